The molecule has 0 bridgehead atoms. The van der Waals surface area contributed by atoms with Crippen LogP contribution < -0.4 is 10.6 Å². The number of hydrogen-bond donors (Lipinski definition) is 2. The van der Waals surface area contributed by atoms with Gasteiger partial charge in [-0.25, -0.2) is 9.59 Å². The number of carbonyl (C=O) groups is 3. The highest BCUT2D eigenvalue weighted by Gasteiger charge is 2.27. The van der Waals surface area contributed by atoms with Crippen LogP contribution in [0.5, 0.6) is 0 Å². The summed E-state index contributed by atoms with van der Waals surface area (Å²) in [7, 11) is 0. The van der Waals surface area contributed by atoms with Crippen LogP contribution in [0.25, 0.3) is 0 Å². The van der Waals surface area contributed by atoms with Gasteiger partial charge in [0.2, 0.25) is 5.91 Å². The van der Waals surface area contributed by atoms with E-state index in [-0.39, 0.29) is 13.2 Å². The minimum absolute atomic E-state index is 0.0565. The van der Waals surface area contributed by atoms with Crippen molar-refractivity contribution in [2.45, 2.75) is 64.5 Å². The Morgan fingerprint density at radius 1 is 0.885 bits per heavy atom. The van der Waals surface area contributed by atoms with Gasteiger partial charge in [0, 0.05) is 0 Å². The normalized spacial score (nSPS) is 12.4. The van der Waals surface area contributed by atoms with E-state index >= 15 is 0 Å². The smallest absolute Gasteiger partial charge is 0.408 e. The number of alkyl carbamates (subject to hydrolysis) is 1. The lowest BCUT2D eigenvalue weighted by Gasteiger charge is -2.22. The molecule has 2 N–H and O–H groups in total. The van der Waals surface area contributed by atoms with Gasteiger partial charge < -0.3 is 20.1 Å². The van der Waals surface area contributed by atoms with Gasteiger partial charge in [-0.1, -0.05) is 64.8 Å². The maximum absolute atomic E-state index is 12.6. The lowest BCUT2D eigenvalue weighted by atomic mass is 10.1. The third-order valence-electron chi connectivity index (χ3n) is 3.58. The highest BCUT2D eigenvalue weighted by molar-refractivity contribution is 5.89. The Morgan fingerprint density at radius 3 is 1.96 bits per heavy atom. The molecule has 26 heavy (non-hydrogen) atoms. The summed E-state index contributed by atoms with van der Waals surface area (Å²) in [5.74, 6) is -0.930. The van der Waals surface area contributed by atoms with Crippen molar-refractivity contribution in [3.05, 3.63) is 25.3 Å². The van der Waals surface area contributed by atoms with Gasteiger partial charge in [-0.05, 0) is 12.8 Å². The van der Waals surface area contributed by atoms with Crippen molar-refractivity contribution >= 4 is 18.0 Å². The number of unbranched alkanes of at least 4 members (excludes halogenated alkanes) is 2. The van der Waals surface area contributed by atoms with Crippen LogP contribution >= 0.6 is 0 Å². The molecule has 0 fully saturated rings. The Morgan fingerprint density at radius 2 is 1.42 bits per heavy atom. The predicted octanol–water partition coefficient (Wildman–Crippen LogP) is 2.86. The number of amides is 2. The maximum atomic E-state index is 12.6. The van der Waals surface area contributed by atoms with Crippen molar-refractivity contribution in [3.8, 4) is 0 Å². The molecule has 0 saturated heterocycles. The number of carbonyl (C=O) groups excluding carboxylic acids is 3. The van der Waals surface area contributed by atoms with Gasteiger partial charge in [-0.15, -0.1) is 0 Å². The standard InChI is InChI=1S/C19H32N2O5/c1-5-9-11-15(21-19(24)26-14-8-4)17(22)20-16(12-10-6-2)18(23)25-13-7-3/h7-8,15-16H,3-6,9-14H2,1-2H3,(H,20,22)(H,21,24). The fourth-order valence-electron chi connectivity index (χ4n) is 2.17. The Hall–Kier alpha value is -2.31. The molecular weight excluding hydrogens is 336 g/mol. The summed E-state index contributed by atoms with van der Waals surface area (Å²) < 4.78 is 9.92. The minimum atomic E-state index is -0.774. The number of esters is 1. The Bertz CT molecular complexity index is 465. The monoisotopic (exact) mass is 368 g/mol. The second-order valence-corrected chi connectivity index (χ2v) is 5.85. The molecule has 0 saturated carbocycles. The molecular formula is C19H32N2O5. The van der Waals surface area contributed by atoms with E-state index in [1.807, 2.05) is 13.8 Å². The van der Waals surface area contributed by atoms with Gasteiger partial charge in [-0.2, -0.15) is 0 Å². The molecule has 0 aromatic rings. The van der Waals surface area contributed by atoms with Crippen LogP contribution in [0.1, 0.15) is 52.4 Å². The van der Waals surface area contributed by atoms with Crippen LogP contribution in [0, 0.1) is 0 Å². The van der Waals surface area contributed by atoms with E-state index in [1.54, 1.807) is 0 Å². The first-order valence-electron chi connectivity index (χ1n) is 9.12. The molecule has 0 radical (unpaired) electrons. The molecule has 0 heterocycles. The average Bonchev–Trinajstić information content (AvgIpc) is 2.64. The summed E-state index contributed by atoms with van der Waals surface area (Å²) in [5.41, 5.74) is 0. The van der Waals surface area contributed by atoms with Gasteiger partial charge in [0.15, 0.2) is 0 Å². The van der Waals surface area contributed by atoms with Crippen LogP contribution in [0.4, 0.5) is 4.79 Å². The third-order valence-corrected chi connectivity index (χ3v) is 3.58. The highest BCUT2D eigenvalue weighted by atomic mass is 16.5. The van der Waals surface area contributed by atoms with Crippen molar-refractivity contribution in [3.63, 3.8) is 0 Å². The van der Waals surface area contributed by atoms with E-state index in [1.165, 1.54) is 12.2 Å². The number of ether oxygens (including phenoxy) is 2. The molecule has 2 amide bonds. The largest absolute Gasteiger partial charge is 0.460 e. The Labute approximate surface area is 156 Å². The summed E-state index contributed by atoms with van der Waals surface area (Å²) in [6.45, 7) is 11.1. The number of hydrogen-bond acceptors (Lipinski definition) is 5. The summed E-state index contributed by atoms with van der Waals surface area (Å²) in [6.07, 6.45) is 6.41. The quantitative estimate of drug-likeness (QED) is 0.363. The molecule has 2 unspecified atom stereocenters. The van der Waals surface area contributed by atoms with E-state index < -0.39 is 30.1 Å². The fraction of sp³-hybridized carbons (Fsp3) is 0.632. The van der Waals surface area contributed by atoms with Crippen LogP contribution in [0.15, 0.2) is 25.3 Å². The predicted molar refractivity (Wildman–Crippen MR) is 101 cm³/mol. The molecule has 0 aliphatic rings. The Balaban J connectivity index is 4.93. The van der Waals surface area contributed by atoms with Crippen LogP contribution in [-0.2, 0) is 19.1 Å². The zero-order valence-corrected chi connectivity index (χ0v) is 15.9. The third kappa shape index (κ3) is 10.5. The molecule has 2 atom stereocenters. The average molecular weight is 368 g/mol. The highest BCUT2D eigenvalue weighted by Crippen LogP contribution is 2.07. The molecule has 0 rings (SSSR count). The van der Waals surface area contributed by atoms with E-state index in [2.05, 4.69) is 23.8 Å². The van der Waals surface area contributed by atoms with Gasteiger partial charge in [0.25, 0.3) is 0 Å². The topological polar surface area (TPSA) is 93.7 Å². The Kier molecular flexibility index (Phi) is 13.7. The van der Waals surface area contributed by atoms with E-state index in [4.69, 9.17) is 9.47 Å². The van der Waals surface area contributed by atoms with E-state index in [9.17, 15) is 14.4 Å². The second-order valence-electron chi connectivity index (χ2n) is 5.85. The summed E-state index contributed by atoms with van der Waals surface area (Å²) in [6, 6.07) is -1.53. The van der Waals surface area contributed by atoms with Crippen molar-refractivity contribution in [2.75, 3.05) is 13.2 Å². The van der Waals surface area contributed by atoms with Crippen LogP contribution in [0.2, 0.25) is 0 Å². The van der Waals surface area contributed by atoms with Crippen molar-refractivity contribution in [2.24, 2.45) is 0 Å². The molecule has 0 aromatic heterocycles. The second kappa shape index (κ2) is 15.0. The van der Waals surface area contributed by atoms with Gasteiger partial charge in [0.05, 0.1) is 0 Å². The molecule has 148 valence electrons. The lowest BCUT2D eigenvalue weighted by Crippen LogP contribution is -2.52. The maximum Gasteiger partial charge on any atom is 0.408 e. The summed E-state index contributed by atoms with van der Waals surface area (Å²) in [4.78, 5) is 36.5. The fourth-order valence-corrected chi connectivity index (χ4v) is 2.17. The van der Waals surface area contributed by atoms with E-state index in [0.29, 0.717) is 12.8 Å². The first-order valence-corrected chi connectivity index (χ1v) is 9.12. The lowest BCUT2D eigenvalue weighted by molar-refractivity contribution is -0.147. The van der Waals surface area contributed by atoms with Crippen molar-refractivity contribution < 1.29 is 23.9 Å². The zero-order valence-electron chi connectivity index (χ0n) is 15.9. The molecule has 0 spiro atoms. The SMILES string of the molecule is C=CCOC(=O)NC(CCCC)C(=O)NC(CCCC)C(=O)OCC=C. The summed E-state index contributed by atoms with van der Waals surface area (Å²) in [5, 5.41) is 5.23. The van der Waals surface area contributed by atoms with Crippen molar-refractivity contribution in [1.82, 2.24) is 10.6 Å². The molecule has 0 aromatic carbocycles. The number of nitrogens with one attached hydrogen (secondary N) is 2. The van der Waals surface area contributed by atoms with Crippen LogP contribution in [-0.4, -0.2) is 43.3 Å². The first-order chi connectivity index (χ1) is 12.5. The van der Waals surface area contributed by atoms with Crippen LogP contribution in [0.3, 0.4) is 0 Å². The summed E-state index contributed by atoms with van der Waals surface area (Å²) >= 11 is 0. The molecule has 0 aliphatic carbocycles. The van der Waals surface area contributed by atoms with E-state index in [0.717, 1.165) is 25.7 Å². The molecule has 7 nitrogen and oxygen atoms in total. The molecule has 7 heteroatoms. The minimum Gasteiger partial charge on any atom is -0.460 e. The zero-order chi connectivity index (χ0) is 19.8. The first kappa shape index (κ1) is 23.7. The molecule has 0 aliphatic heterocycles. The van der Waals surface area contributed by atoms with Gasteiger partial charge >= 0.3 is 12.1 Å². The van der Waals surface area contributed by atoms with Gasteiger partial charge in [0.1, 0.15) is 25.3 Å². The van der Waals surface area contributed by atoms with Crippen molar-refractivity contribution in [1.29, 1.82) is 0 Å². The number of rotatable bonds is 14. The van der Waals surface area contributed by atoms with Gasteiger partial charge in [-0.3, -0.25) is 4.79 Å².